The molecular weight excluding hydrogens is 508 g/mol. The molecule has 3 aromatic rings. The van der Waals surface area contributed by atoms with Gasteiger partial charge in [0.15, 0.2) is 0 Å². The normalized spacial score (nSPS) is 17.6. The number of imidazole rings is 1. The van der Waals surface area contributed by atoms with Crippen LogP contribution >= 0.6 is 0 Å². The van der Waals surface area contributed by atoms with Gasteiger partial charge in [0.25, 0.3) is 0 Å². The molecule has 1 heterocycles. The second-order valence-corrected chi connectivity index (χ2v) is 9.33. The van der Waals surface area contributed by atoms with E-state index in [2.05, 4.69) is 76.4 Å². The molecule has 0 saturated heterocycles. The summed E-state index contributed by atoms with van der Waals surface area (Å²) < 4.78 is 2.37. The zero-order valence-electron chi connectivity index (χ0n) is 17.2. The van der Waals surface area contributed by atoms with E-state index in [4.69, 9.17) is 4.98 Å². The van der Waals surface area contributed by atoms with Gasteiger partial charge in [0.05, 0.1) is 16.9 Å². The van der Waals surface area contributed by atoms with Gasteiger partial charge in [-0.3, -0.25) is 4.98 Å². The number of hydrogen-bond donors (Lipinski definition) is 0. The van der Waals surface area contributed by atoms with Crippen molar-refractivity contribution in [2.24, 2.45) is 0 Å². The van der Waals surface area contributed by atoms with Crippen LogP contribution in [0.4, 0.5) is 0 Å². The molecule has 4 rings (SSSR count). The third-order valence-corrected chi connectivity index (χ3v) is 6.13. The average Bonchev–Trinajstić information content (AvgIpc) is 2.98. The van der Waals surface area contributed by atoms with Crippen molar-refractivity contribution in [1.29, 1.82) is 0 Å². The molecule has 0 spiro atoms. The van der Waals surface area contributed by atoms with Gasteiger partial charge in [-0.05, 0) is 60.8 Å². The zero-order chi connectivity index (χ0) is 18.7. The fraction of sp³-hybridized carbons (Fsp3) is 0.458. The van der Waals surface area contributed by atoms with Gasteiger partial charge in [0, 0.05) is 26.1 Å². The molecule has 2 aromatic carbocycles. The van der Waals surface area contributed by atoms with Gasteiger partial charge in [-0.25, -0.2) is 0 Å². The summed E-state index contributed by atoms with van der Waals surface area (Å²) in [6.45, 7) is 14.0. The van der Waals surface area contributed by atoms with Gasteiger partial charge in [-0.15, -0.1) is 35.9 Å². The van der Waals surface area contributed by atoms with Crippen LogP contribution in [-0.4, -0.2) is 9.55 Å². The Morgan fingerprint density at radius 2 is 1.63 bits per heavy atom. The van der Waals surface area contributed by atoms with Crippen LogP contribution < -0.4 is 0 Å². The molecule has 2 nitrogen and oxygen atoms in total. The van der Waals surface area contributed by atoms with E-state index in [0.717, 1.165) is 16.9 Å². The van der Waals surface area contributed by atoms with E-state index in [1.165, 1.54) is 29.5 Å². The molecular formula is C24H29IrN2-. The van der Waals surface area contributed by atoms with Crippen molar-refractivity contribution in [3.05, 3.63) is 53.6 Å². The molecule has 0 N–H and O–H groups in total. The molecule has 0 saturated carbocycles. The first-order valence-corrected chi connectivity index (χ1v) is 9.75. The van der Waals surface area contributed by atoms with E-state index >= 15 is 0 Å². The van der Waals surface area contributed by atoms with Crippen molar-refractivity contribution < 1.29 is 20.1 Å². The molecule has 1 aliphatic carbocycles. The maximum absolute atomic E-state index is 5.06. The summed E-state index contributed by atoms with van der Waals surface area (Å²) >= 11 is 0. The van der Waals surface area contributed by atoms with Crippen LogP contribution in [0.1, 0.15) is 71.6 Å². The Morgan fingerprint density at radius 3 is 2.19 bits per heavy atom. The minimum absolute atomic E-state index is 0. The van der Waals surface area contributed by atoms with Crippen molar-refractivity contribution in [3.63, 3.8) is 0 Å². The monoisotopic (exact) mass is 538 g/mol. The predicted molar refractivity (Wildman–Crippen MR) is 110 cm³/mol. The molecule has 0 fully saturated rings. The fourth-order valence-electron chi connectivity index (χ4n) is 4.40. The average molecular weight is 538 g/mol. The number of nitrogens with zero attached hydrogens (tertiary/aromatic N) is 2. The summed E-state index contributed by atoms with van der Waals surface area (Å²) in [5, 5.41) is 0. The Balaban J connectivity index is 0.00000210. The minimum Gasteiger partial charge on any atom is -0.362 e. The Bertz CT molecular complexity index is 965. The molecule has 27 heavy (non-hydrogen) atoms. The van der Waals surface area contributed by atoms with Gasteiger partial charge in [-0.1, -0.05) is 27.7 Å². The van der Waals surface area contributed by atoms with Gasteiger partial charge < -0.3 is 4.57 Å². The van der Waals surface area contributed by atoms with Crippen molar-refractivity contribution in [3.8, 4) is 11.4 Å². The standard InChI is InChI=1S/C24H29N2.Ir/c1-16(2)26-21-15-19-18(23(3,4)12-13-24(19,5)6)14-20(21)25-22(26)17-10-8-7-9-11-17;/h7-10,14-16H,12-13H2,1-6H3;/q-1;. The van der Waals surface area contributed by atoms with Gasteiger partial charge >= 0.3 is 0 Å². The molecule has 3 heteroatoms. The smallest absolute Gasteiger partial charge is 0.0774 e. The Kier molecular flexibility index (Phi) is 5.16. The van der Waals surface area contributed by atoms with E-state index in [0.29, 0.717) is 6.04 Å². The molecule has 0 amide bonds. The second-order valence-electron chi connectivity index (χ2n) is 9.33. The molecule has 1 radical (unpaired) electrons. The quantitative estimate of drug-likeness (QED) is 0.345. The van der Waals surface area contributed by atoms with Crippen LogP contribution in [0.3, 0.4) is 0 Å². The van der Waals surface area contributed by atoms with Crippen molar-refractivity contribution in [2.45, 2.75) is 71.3 Å². The van der Waals surface area contributed by atoms with Crippen LogP contribution in [0.5, 0.6) is 0 Å². The summed E-state index contributed by atoms with van der Waals surface area (Å²) in [7, 11) is 0. The first kappa shape index (κ1) is 20.3. The fourth-order valence-corrected chi connectivity index (χ4v) is 4.40. The first-order chi connectivity index (χ1) is 12.2. The van der Waals surface area contributed by atoms with E-state index < -0.39 is 0 Å². The SMILES string of the molecule is CC(C)n1c(-c2[c-]cccc2)nc2cc3c(cc21)C(C)(C)CCC3(C)C.[Ir]. The molecule has 1 aromatic heterocycles. The Hall–Kier alpha value is -1.44. The first-order valence-electron chi connectivity index (χ1n) is 9.75. The summed E-state index contributed by atoms with van der Waals surface area (Å²) in [6, 6.07) is 16.6. The second kappa shape index (κ2) is 6.87. The number of hydrogen-bond acceptors (Lipinski definition) is 1. The summed E-state index contributed by atoms with van der Waals surface area (Å²) in [6.07, 6.45) is 2.45. The topological polar surface area (TPSA) is 17.8 Å². The zero-order valence-corrected chi connectivity index (χ0v) is 19.6. The Labute approximate surface area is 176 Å². The maximum atomic E-state index is 5.06. The number of aromatic nitrogens is 2. The molecule has 0 bridgehead atoms. The van der Waals surface area contributed by atoms with Crippen LogP contribution in [0.25, 0.3) is 22.4 Å². The third kappa shape index (κ3) is 3.30. The van der Waals surface area contributed by atoms with Crippen molar-refractivity contribution >= 4 is 11.0 Å². The molecule has 1 aliphatic rings. The van der Waals surface area contributed by atoms with E-state index in [1.807, 2.05) is 12.1 Å². The van der Waals surface area contributed by atoms with Crippen LogP contribution in [-0.2, 0) is 30.9 Å². The van der Waals surface area contributed by atoms with E-state index in [-0.39, 0.29) is 30.9 Å². The predicted octanol–water partition coefficient (Wildman–Crippen LogP) is 6.43. The number of fused-ring (bicyclic) bond motifs is 2. The van der Waals surface area contributed by atoms with Gasteiger partial charge in [-0.2, -0.15) is 0 Å². The van der Waals surface area contributed by atoms with Crippen molar-refractivity contribution in [1.82, 2.24) is 9.55 Å². The van der Waals surface area contributed by atoms with Crippen LogP contribution in [0, 0.1) is 6.07 Å². The third-order valence-electron chi connectivity index (χ3n) is 6.13. The largest absolute Gasteiger partial charge is 0.362 e. The van der Waals surface area contributed by atoms with Gasteiger partial charge in [0.1, 0.15) is 0 Å². The summed E-state index contributed by atoms with van der Waals surface area (Å²) in [4.78, 5) is 5.06. The number of benzene rings is 2. The molecule has 0 atom stereocenters. The molecule has 145 valence electrons. The van der Waals surface area contributed by atoms with Crippen molar-refractivity contribution in [2.75, 3.05) is 0 Å². The summed E-state index contributed by atoms with van der Waals surface area (Å²) in [5.41, 5.74) is 6.80. The molecule has 0 aliphatic heterocycles. The van der Waals surface area contributed by atoms with E-state index in [9.17, 15) is 0 Å². The van der Waals surface area contributed by atoms with Gasteiger partial charge in [0.2, 0.25) is 0 Å². The van der Waals surface area contributed by atoms with Crippen LogP contribution in [0.15, 0.2) is 36.4 Å². The van der Waals surface area contributed by atoms with Crippen LogP contribution in [0.2, 0.25) is 0 Å². The molecule has 0 unspecified atom stereocenters. The number of rotatable bonds is 2. The minimum atomic E-state index is 0. The summed E-state index contributed by atoms with van der Waals surface area (Å²) in [5.74, 6) is 1.02. The van der Waals surface area contributed by atoms with E-state index in [1.54, 1.807) is 0 Å². The Morgan fingerprint density at radius 1 is 1.00 bits per heavy atom. The maximum Gasteiger partial charge on any atom is 0.0774 e.